The first-order valence-electron chi connectivity index (χ1n) is 32.7. The lowest BCUT2D eigenvalue weighted by Crippen LogP contribution is -2.12. The Morgan fingerprint density at radius 1 is 0.185 bits per heavy atom. The number of hydrogen-bond acceptors (Lipinski definition) is 0. The Balaban J connectivity index is 1.00. The third kappa shape index (κ3) is 6.60. The lowest BCUT2D eigenvalue weighted by atomic mass is 9.83. The molecule has 4 N–H and O–H groups in total. The van der Waals surface area contributed by atoms with Crippen LogP contribution in [0.15, 0.2) is 243 Å². The van der Waals surface area contributed by atoms with Crippen LogP contribution in [0.25, 0.3) is 132 Å². The van der Waals surface area contributed by atoms with Gasteiger partial charge < -0.3 is 19.9 Å². The normalized spacial score (nSPS) is 16.5. The van der Waals surface area contributed by atoms with Crippen molar-refractivity contribution in [2.75, 3.05) is 0 Å². The zero-order chi connectivity index (χ0) is 60.5. The largest absolute Gasteiger partial charge is 0.360 e. The van der Waals surface area contributed by atoms with Gasteiger partial charge in [0.15, 0.2) is 0 Å². The van der Waals surface area contributed by atoms with E-state index < -0.39 is 0 Å². The first kappa shape index (κ1) is 50.6. The van der Waals surface area contributed by atoms with Gasteiger partial charge in [0.25, 0.3) is 0 Å². The Labute approximate surface area is 533 Å². The molecule has 5 aliphatic carbocycles. The first-order valence-corrected chi connectivity index (χ1v) is 32.7. The van der Waals surface area contributed by atoms with Gasteiger partial charge in [-0.3, -0.25) is 0 Å². The van der Waals surface area contributed by atoms with Gasteiger partial charge in [0.1, 0.15) is 0 Å². The molecule has 21 rings (SSSR count). The van der Waals surface area contributed by atoms with Crippen molar-refractivity contribution in [2.24, 2.45) is 0 Å². The minimum absolute atomic E-state index is 0.295. The highest BCUT2D eigenvalue weighted by Crippen LogP contribution is 2.65. The standard InChI is InChI=1S/C88H60N4/c1-45-29-37-53(38-30-45)69-81-73-57-21-5-13-49-15-7-23-59(65(49)57)75(73)83(89-81)70(54-39-31-46(2)32-40-54)85-77-61-25-9-17-51-19-11-27-63(67(51)61)79(77)87(91-85)72(56-43-35-48(4)36-44-56)88-80-64-28-12-20-52-18-10-26-62(68(52)64)78(80)86(92-88)71(55-41-33-47(3)34-42-55)84-76-60-24-8-16-50-14-6-22-58(66(50)60)74(76)82(69)90-84/h5-44,69-72,89-92H,1-4H3. The SMILES string of the molecule is Cc1ccc(C2c3[nH]c(c4c3-c3cccc5cccc-4c35)C(c3ccc(C)cc3)c3[nH]c(c4c3-c3cccc5cccc-4c35)C(c3ccc(C)cc3)c3[nH]c(c4c3-c3cccc5cccc-4c35)C(c3ccc(C)cc3)c3[nH]c2c2c3-c3cccc4cccc-2c34)cc1. The number of aromatic nitrogens is 4. The molecular formula is C88H60N4. The third-order valence-electron chi connectivity index (χ3n) is 22.0. The van der Waals surface area contributed by atoms with Crippen LogP contribution in [0, 0.1) is 27.7 Å². The second-order valence-electron chi connectivity index (χ2n) is 27.0. The van der Waals surface area contributed by atoms with Crippen molar-refractivity contribution in [1.29, 1.82) is 0 Å². The van der Waals surface area contributed by atoms with Crippen molar-refractivity contribution >= 4 is 43.1 Å². The van der Waals surface area contributed by atoms with E-state index in [0.717, 1.165) is 0 Å². The number of hydrogen-bond donors (Lipinski definition) is 4. The number of aryl methyl sites for hydroxylation is 4. The smallest absolute Gasteiger partial charge is 0.0654 e. The number of aromatic amines is 4. The molecule has 12 aromatic carbocycles. The molecule has 0 amide bonds. The van der Waals surface area contributed by atoms with E-state index in [0.29, 0.717) is 0 Å². The summed E-state index contributed by atoms with van der Waals surface area (Å²) in [4.78, 5) is 18.5. The van der Waals surface area contributed by atoms with E-state index in [9.17, 15) is 0 Å². The van der Waals surface area contributed by atoms with Gasteiger partial charge in [0.2, 0.25) is 0 Å². The molecule has 4 aromatic heterocycles. The second-order valence-corrected chi connectivity index (χ2v) is 27.0. The molecule has 92 heavy (non-hydrogen) atoms. The fraction of sp³-hybridized carbons (Fsp3) is 0.0909. The average Bonchev–Trinajstić information content (AvgIpc) is 1.53. The van der Waals surface area contributed by atoms with Crippen LogP contribution in [0.4, 0.5) is 0 Å². The van der Waals surface area contributed by atoms with Gasteiger partial charge >= 0.3 is 0 Å². The third-order valence-corrected chi connectivity index (χ3v) is 22.0. The Hall–Kier alpha value is -11.2. The van der Waals surface area contributed by atoms with Crippen LogP contribution in [0.1, 0.15) is 114 Å². The topological polar surface area (TPSA) is 63.2 Å². The molecule has 8 bridgehead atoms. The fourth-order valence-electron chi connectivity index (χ4n) is 18.1. The van der Waals surface area contributed by atoms with Gasteiger partial charge in [-0.15, -0.1) is 0 Å². The molecule has 0 spiro atoms. The van der Waals surface area contributed by atoms with E-state index in [-0.39, 0.29) is 23.7 Å². The summed E-state index contributed by atoms with van der Waals surface area (Å²) in [6.45, 7) is 8.88. The average molecular weight is 1170 g/mol. The lowest BCUT2D eigenvalue weighted by Gasteiger charge is -2.24. The molecule has 4 nitrogen and oxygen atoms in total. The van der Waals surface area contributed by atoms with Crippen molar-refractivity contribution in [1.82, 2.24) is 19.9 Å². The van der Waals surface area contributed by atoms with Crippen LogP contribution in [-0.2, 0) is 0 Å². The second kappa shape index (κ2) is 18.2. The summed E-state index contributed by atoms with van der Waals surface area (Å²) in [6.07, 6.45) is 0. The molecule has 0 saturated heterocycles. The van der Waals surface area contributed by atoms with Crippen molar-refractivity contribution in [3.63, 3.8) is 0 Å². The minimum Gasteiger partial charge on any atom is -0.360 e. The van der Waals surface area contributed by atoms with Crippen LogP contribution in [0.5, 0.6) is 0 Å². The molecule has 4 heteroatoms. The van der Waals surface area contributed by atoms with Gasteiger partial charge in [-0.05, 0) is 138 Å². The summed E-state index contributed by atoms with van der Waals surface area (Å²) in [7, 11) is 0. The number of benzene rings is 12. The summed E-state index contributed by atoms with van der Waals surface area (Å²) in [5.74, 6) is -1.18. The van der Waals surface area contributed by atoms with Crippen molar-refractivity contribution in [3.8, 4) is 89.0 Å². The van der Waals surface area contributed by atoms with E-state index in [4.69, 9.17) is 0 Å². The monoisotopic (exact) mass is 1170 g/mol. The molecular weight excluding hydrogens is 1110 g/mol. The predicted octanol–water partition coefficient (Wildman–Crippen LogP) is 22.5. The Morgan fingerprint density at radius 2 is 0.337 bits per heavy atom. The molecule has 4 heterocycles. The highest BCUT2D eigenvalue weighted by atomic mass is 14.9. The van der Waals surface area contributed by atoms with Crippen molar-refractivity contribution in [3.05, 3.63) is 333 Å². The Kier molecular flexibility index (Phi) is 10.0. The summed E-state index contributed by atoms with van der Waals surface area (Å²) >= 11 is 0. The molecule has 0 saturated carbocycles. The van der Waals surface area contributed by atoms with E-state index in [1.807, 2.05) is 0 Å². The molecule has 0 atom stereocenters. The zero-order valence-electron chi connectivity index (χ0n) is 51.4. The maximum absolute atomic E-state index is 4.63. The quantitative estimate of drug-likeness (QED) is 0.136. The molecule has 0 aliphatic heterocycles. The van der Waals surface area contributed by atoms with E-state index in [1.54, 1.807) is 0 Å². The van der Waals surface area contributed by atoms with E-state index >= 15 is 0 Å². The van der Waals surface area contributed by atoms with Gasteiger partial charge in [0.05, 0.1) is 23.7 Å². The van der Waals surface area contributed by atoms with Crippen LogP contribution in [0.3, 0.4) is 0 Å². The van der Waals surface area contributed by atoms with E-state index in [1.165, 1.54) is 222 Å². The molecule has 0 unspecified atom stereocenters. The van der Waals surface area contributed by atoms with Crippen LogP contribution < -0.4 is 0 Å². The van der Waals surface area contributed by atoms with Gasteiger partial charge in [-0.2, -0.15) is 0 Å². The van der Waals surface area contributed by atoms with Crippen LogP contribution in [0.2, 0.25) is 0 Å². The summed E-state index contributed by atoms with van der Waals surface area (Å²) in [5, 5.41) is 10.2. The Morgan fingerprint density at radius 3 is 0.489 bits per heavy atom. The molecule has 0 fully saturated rings. The number of nitrogens with one attached hydrogen (secondary N) is 4. The highest BCUT2D eigenvalue weighted by Gasteiger charge is 2.46. The maximum atomic E-state index is 4.63. The van der Waals surface area contributed by atoms with Crippen LogP contribution >= 0.6 is 0 Å². The van der Waals surface area contributed by atoms with Gasteiger partial charge in [0, 0.05) is 90.1 Å². The maximum Gasteiger partial charge on any atom is 0.0654 e. The number of rotatable bonds is 4. The Bertz CT molecular complexity index is 4940. The fourth-order valence-corrected chi connectivity index (χ4v) is 18.1. The zero-order valence-corrected chi connectivity index (χ0v) is 51.4. The molecule has 0 radical (unpaired) electrons. The van der Waals surface area contributed by atoms with E-state index in [2.05, 4.69) is 290 Å². The van der Waals surface area contributed by atoms with Crippen molar-refractivity contribution in [2.45, 2.75) is 51.4 Å². The first-order chi connectivity index (χ1) is 45.3. The summed E-state index contributed by atoms with van der Waals surface area (Å²) < 4.78 is 0. The van der Waals surface area contributed by atoms with Crippen molar-refractivity contribution < 1.29 is 0 Å². The molecule has 5 aliphatic rings. The summed E-state index contributed by atoms with van der Waals surface area (Å²) in [6, 6.07) is 93.9. The number of H-pyrrole nitrogens is 4. The lowest BCUT2D eigenvalue weighted by molar-refractivity contribution is 0.813. The minimum atomic E-state index is -0.295. The van der Waals surface area contributed by atoms with Crippen LogP contribution in [-0.4, -0.2) is 19.9 Å². The summed E-state index contributed by atoms with van der Waals surface area (Å²) in [5.41, 5.74) is 39.7. The highest BCUT2D eigenvalue weighted by molar-refractivity contribution is 6.22. The molecule has 16 aromatic rings. The molecule has 432 valence electrons. The van der Waals surface area contributed by atoms with Gasteiger partial charge in [-0.25, -0.2) is 0 Å². The van der Waals surface area contributed by atoms with Gasteiger partial charge in [-0.1, -0.05) is 265 Å². The predicted molar refractivity (Wildman–Crippen MR) is 379 cm³/mol.